The van der Waals surface area contributed by atoms with Crippen LogP contribution in [0.25, 0.3) is 0 Å². The molecule has 24 heavy (non-hydrogen) atoms. The van der Waals surface area contributed by atoms with Crippen LogP contribution in [0.1, 0.15) is 37.0 Å². The zero-order valence-corrected chi connectivity index (χ0v) is 13.8. The van der Waals surface area contributed by atoms with E-state index in [4.69, 9.17) is 0 Å². The summed E-state index contributed by atoms with van der Waals surface area (Å²) in [6, 6.07) is 6.20. The summed E-state index contributed by atoms with van der Waals surface area (Å²) in [6.07, 6.45) is 0.952. The van der Waals surface area contributed by atoms with Crippen LogP contribution in [0.3, 0.4) is 0 Å². The maximum Gasteiger partial charge on any atom is 0.337 e. The van der Waals surface area contributed by atoms with Gasteiger partial charge < -0.3 is 10.1 Å². The molecule has 2 unspecified atom stereocenters. The highest BCUT2D eigenvalue weighted by atomic mass is 16.5. The fourth-order valence-electron chi connectivity index (χ4n) is 4.13. The van der Waals surface area contributed by atoms with Gasteiger partial charge in [-0.25, -0.2) is 4.79 Å². The Morgan fingerprint density at radius 2 is 1.79 bits per heavy atom. The van der Waals surface area contributed by atoms with Crippen LogP contribution >= 0.6 is 0 Å². The minimum atomic E-state index is -1.30. The highest BCUT2D eigenvalue weighted by Gasteiger charge is 2.72. The lowest BCUT2D eigenvalue weighted by molar-refractivity contribution is -0.147. The highest BCUT2D eigenvalue weighted by molar-refractivity contribution is 6.48. The quantitative estimate of drug-likeness (QED) is 0.520. The first-order valence-corrected chi connectivity index (χ1v) is 7.84. The van der Waals surface area contributed by atoms with E-state index in [0.29, 0.717) is 24.1 Å². The van der Waals surface area contributed by atoms with E-state index in [1.54, 1.807) is 12.1 Å². The first-order valence-electron chi connectivity index (χ1n) is 7.84. The van der Waals surface area contributed by atoms with E-state index in [9.17, 15) is 19.2 Å². The molecule has 6 heteroatoms. The van der Waals surface area contributed by atoms with E-state index in [1.165, 1.54) is 19.2 Å². The van der Waals surface area contributed by atoms with Crippen molar-refractivity contribution in [3.05, 3.63) is 29.8 Å². The van der Waals surface area contributed by atoms with E-state index in [-0.39, 0.29) is 5.92 Å². The summed E-state index contributed by atoms with van der Waals surface area (Å²) >= 11 is 0. The lowest BCUT2D eigenvalue weighted by atomic mass is 9.68. The van der Waals surface area contributed by atoms with E-state index in [1.807, 2.05) is 13.8 Å². The summed E-state index contributed by atoms with van der Waals surface area (Å²) in [7, 11) is 1.29. The molecule has 1 N–H and O–H groups in total. The first-order chi connectivity index (χ1) is 11.3. The average Bonchev–Trinajstić information content (AvgIpc) is 2.91. The molecule has 2 saturated carbocycles. The fraction of sp³-hybridized carbons (Fsp3) is 0.444. The Kier molecular flexibility index (Phi) is 3.59. The van der Waals surface area contributed by atoms with Crippen LogP contribution < -0.4 is 5.32 Å². The van der Waals surface area contributed by atoms with Gasteiger partial charge >= 0.3 is 5.97 Å². The predicted molar refractivity (Wildman–Crippen MR) is 85.4 cm³/mol. The van der Waals surface area contributed by atoms with Gasteiger partial charge in [0, 0.05) is 11.6 Å². The van der Waals surface area contributed by atoms with Crippen LogP contribution in [0.4, 0.5) is 5.69 Å². The zero-order valence-electron chi connectivity index (χ0n) is 13.8. The van der Waals surface area contributed by atoms with Gasteiger partial charge in [-0.3, -0.25) is 14.4 Å². The number of nitrogens with one attached hydrogen (secondary N) is 1. The summed E-state index contributed by atoms with van der Waals surface area (Å²) < 4.78 is 4.62. The van der Waals surface area contributed by atoms with Gasteiger partial charge in [-0.2, -0.15) is 0 Å². The average molecular weight is 329 g/mol. The van der Waals surface area contributed by atoms with Crippen LogP contribution in [0.2, 0.25) is 0 Å². The topological polar surface area (TPSA) is 89.5 Å². The molecule has 1 amide bonds. The molecule has 1 aromatic carbocycles. The van der Waals surface area contributed by atoms with Gasteiger partial charge in [-0.1, -0.05) is 13.8 Å². The summed E-state index contributed by atoms with van der Waals surface area (Å²) in [5.74, 6) is -2.30. The standard InChI is InChI=1S/C18H19NO5/c1-17(2)12-8-9-18(17,14(21)13(12)20)16(23)19-11-6-4-10(5-7-11)15(22)24-3/h4-7,12H,8-9H2,1-3H3,(H,19,23). The number of benzene rings is 1. The summed E-state index contributed by atoms with van der Waals surface area (Å²) in [6.45, 7) is 3.63. The lowest BCUT2D eigenvalue weighted by Gasteiger charge is -2.33. The molecule has 126 valence electrons. The predicted octanol–water partition coefficient (Wildman–Crippen LogP) is 1.99. The van der Waals surface area contributed by atoms with Crippen molar-refractivity contribution in [3.63, 3.8) is 0 Å². The number of ketones is 2. The summed E-state index contributed by atoms with van der Waals surface area (Å²) in [4.78, 5) is 48.9. The lowest BCUT2D eigenvalue weighted by Crippen LogP contribution is -2.47. The van der Waals surface area contributed by atoms with Crippen molar-refractivity contribution in [1.29, 1.82) is 0 Å². The number of carbonyl (C=O) groups excluding carboxylic acids is 4. The molecule has 0 aliphatic heterocycles. The van der Waals surface area contributed by atoms with Crippen LogP contribution in [0, 0.1) is 16.7 Å². The fourth-order valence-corrected chi connectivity index (χ4v) is 4.13. The Hall–Kier alpha value is -2.50. The number of esters is 1. The van der Waals surface area contributed by atoms with Crippen LogP contribution in [-0.4, -0.2) is 30.6 Å². The van der Waals surface area contributed by atoms with Gasteiger partial charge in [0.25, 0.3) is 0 Å². The van der Waals surface area contributed by atoms with Gasteiger partial charge in [0.05, 0.1) is 12.7 Å². The van der Waals surface area contributed by atoms with Gasteiger partial charge in [0.2, 0.25) is 17.5 Å². The Morgan fingerprint density at radius 1 is 1.17 bits per heavy atom. The third-order valence-electron chi connectivity index (χ3n) is 5.66. The molecular formula is C18H19NO5. The maximum absolute atomic E-state index is 12.9. The van der Waals surface area contributed by atoms with Crippen molar-refractivity contribution in [2.75, 3.05) is 12.4 Å². The highest BCUT2D eigenvalue weighted by Crippen LogP contribution is 2.62. The second kappa shape index (κ2) is 5.26. The van der Waals surface area contributed by atoms with E-state index >= 15 is 0 Å². The zero-order chi connectivity index (χ0) is 17.7. The number of rotatable bonds is 3. The molecule has 2 bridgehead atoms. The van der Waals surface area contributed by atoms with Crippen molar-refractivity contribution >= 4 is 29.1 Å². The maximum atomic E-state index is 12.9. The number of hydrogen-bond donors (Lipinski definition) is 1. The van der Waals surface area contributed by atoms with Crippen LogP contribution in [0.15, 0.2) is 24.3 Å². The second-order valence-corrected chi connectivity index (χ2v) is 6.93. The molecule has 2 aliphatic carbocycles. The smallest absolute Gasteiger partial charge is 0.337 e. The van der Waals surface area contributed by atoms with Crippen molar-refractivity contribution in [1.82, 2.24) is 0 Å². The summed E-state index contributed by atoms with van der Waals surface area (Å²) in [5.41, 5.74) is -1.15. The molecule has 2 aliphatic rings. The third kappa shape index (κ3) is 1.95. The molecule has 0 radical (unpaired) electrons. The third-order valence-corrected chi connectivity index (χ3v) is 5.66. The Balaban J connectivity index is 1.86. The van der Waals surface area contributed by atoms with E-state index in [2.05, 4.69) is 10.1 Å². The minimum Gasteiger partial charge on any atom is -0.465 e. The van der Waals surface area contributed by atoms with Gasteiger partial charge in [-0.15, -0.1) is 0 Å². The first kappa shape index (κ1) is 16.4. The van der Waals surface area contributed by atoms with Crippen LogP contribution in [0.5, 0.6) is 0 Å². The van der Waals surface area contributed by atoms with Gasteiger partial charge in [-0.05, 0) is 42.5 Å². The molecule has 0 heterocycles. The van der Waals surface area contributed by atoms with Crippen molar-refractivity contribution in [3.8, 4) is 0 Å². The number of anilines is 1. The SMILES string of the molecule is COC(=O)c1ccc(NC(=O)C23CCC(C(=O)C2=O)C3(C)C)cc1. The molecule has 2 fully saturated rings. The molecule has 0 spiro atoms. The van der Waals surface area contributed by atoms with Gasteiger partial charge in [0.15, 0.2) is 0 Å². The second-order valence-electron chi connectivity index (χ2n) is 6.93. The van der Waals surface area contributed by atoms with Gasteiger partial charge in [0.1, 0.15) is 5.41 Å². The minimum absolute atomic E-state index is 0.363. The van der Waals surface area contributed by atoms with Crippen LogP contribution in [-0.2, 0) is 19.1 Å². The molecule has 1 aromatic rings. The normalized spacial score (nSPS) is 27.2. The van der Waals surface area contributed by atoms with Crippen molar-refractivity contribution < 1.29 is 23.9 Å². The number of hydrogen-bond acceptors (Lipinski definition) is 5. The Bertz CT molecular complexity index is 749. The molecular weight excluding hydrogens is 310 g/mol. The van der Waals surface area contributed by atoms with Crippen molar-refractivity contribution in [2.45, 2.75) is 26.7 Å². The largest absolute Gasteiger partial charge is 0.465 e. The number of amides is 1. The number of carbonyl (C=O) groups is 4. The Morgan fingerprint density at radius 3 is 2.29 bits per heavy atom. The molecule has 6 nitrogen and oxygen atoms in total. The number of methoxy groups -OCH3 is 1. The summed E-state index contributed by atoms with van der Waals surface area (Å²) in [5, 5.41) is 2.73. The van der Waals surface area contributed by atoms with E-state index in [0.717, 1.165) is 0 Å². The Labute approximate surface area is 139 Å². The number of fused-ring (bicyclic) bond motifs is 2. The monoisotopic (exact) mass is 329 g/mol. The molecule has 0 aromatic heterocycles. The molecule has 3 rings (SSSR count). The van der Waals surface area contributed by atoms with E-state index < -0.39 is 34.3 Å². The number of Topliss-reactive ketones (excluding diaryl/α,β-unsaturated/α-hetero) is 2. The molecule has 2 atom stereocenters. The van der Waals surface area contributed by atoms with Crippen molar-refractivity contribution in [2.24, 2.45) is 16.7 Å². The number of ether oxygens (including phenoxy) is 1. The molecule has 0 saturated heterocycles.